The van der Waals surface area contributed by atoms with Crippen LogP contribution in [0.3, 0.4) is 0 Å². The van der Waals surface area contributed by atoms with Crippen molar-refractivity contribution >= 4 is 11.8 Å². The summed E-state index contributed by atoms with van der Waals surface area (Å²) in [4.78, 5) is 25.9. The fraction of sp³-hybridized carbons (Fsp3) is 0.353. The summed E-state index contributed by atoms with van der Waals surface area (Å²) >= 11 is 0. The minimum absolute atomic E-state index is 0.0474. The van der Waals surface area contributed by atoms with Gasteiger partial charge in [0.25, 0.3) is 5.91 Å². The molecule has 24 heavy (non-hydrogen) atoms. The summed E-state index contributed by atoms with van der Waals surface area (Å²) in [6.45, 7) is 3.39. The summed E-state index contributed by atoms with van der Waals surface area (Å²) in [5.74, 6) is -0.606. The van der Waals surface area contributed by atoms with Gasteiger partial charge in [0.2, 0.25) is 5.91 Å². The molecule has 126 valence electrons. The third kappa shape index (κ3) is 3.61. The van der Waals surface area contributed by atoms with Gasteiger partial charge in [-0.2, -0.15) is 5.10 Å². The van der Waals surface area contributed by atoms with Gasteiger partial charge >= 0.3 is 0 Å². The predicted octanol–water partition coefficient (Wildman–Crippen LogP) is 1.57. The Morgan fingerprint density at radius 3 is 3.00 bits per heavy atom. The molecule has 0 aliphatic carbocycles. The summed E-state index contributed by atoms with van der Waals surface area (Å²) < 4.78 is 14.9. The number of amides is 2. The van der Waals surface area contributed by atoms with Crippen molar-refractivity contribution in [2.24, 2.45) is 0 Å². The van der Waals surface area contributed by atoms with Crippen molar-refractivity contribution in [2.75, 3.05) is 6.54 Å². The lowest BCUT2D eigenvalue weighted by Crippen LogP contribution is -2.36. The van der Waals surface area contributed by atoms with E-state index in [4.69, 9.17) is 0 Å². The third-order valence-electron chi connectivity index (χ3n) is 4.03. The quantitative estimate of drug-likeness (QED) is 0.905. The van der Waals surface area contributed by atoms with Gasteiger partial charge in [-0.1, -0.05) is 12.1 Å². The number of carbonyl (C=O) groups is 2. The van der Waals surface area contributed by atoms with Crippen molar-refractivity contribution < 1.29 is 14.0 Å². The monoisotopic (exact) mass is 330 g/mol. The molecule has 3 rings (SSSR count). The average Bonchev–Trinajstić information content (AvgIpc) is 3.15. The topological polar surface area (TPSA) is 67.2 Å². The second kappa shape index (κ2) is 6.82. The maximum atomic E-state index is 13.2. The lowest BCUT2D eigenvalue weighted by atomic mass is 10.2. The number of nitrogens with zero attached hydrogens (tertiary/aromatic N) is 3. The number of carbonyl (C=O) groups excluding carboxylic acids is 2. The van der Waals surface area contributed by atoms with Crippen molar-refractivity contribution in [1.29, 1.82) is 0 Å². The van der Waals surface area contributed by atoms with Crippen molar-refractivity contribution in [3.05, 3.63) is 53.6 Å². The van der Waals surface area contributed by atoms with Crippen molar-refractivity contribution in [3.8, 4) is 0 Å². The number of nitrogens with one attached hydrogen (secondary N) is 1. The summed E-state index contributed by atoms with van der Waals surface area (Å²) in [5.41, 5.74) is 1.22. The number of likely N-dealkylation sites (tertiary alicyclic amines) is 1. The van der Waals surface area contributed by atoms with E-state index in [0.29, 0.717) is 25.2 Å². The molecule has 1 N–H and O–H groups in total. The third-order valence-corrected chi connectivity index (χ3v) is 4.03. The van der Waals surface area contributed by atoms with Crippen LogP contribution in [-0.2, 0) is 17.9 Å². The van der Waals surface area contributed by atoms with Crippen LogP contribution in [0.4, 0.5) is 4.39 Å². The Morgan fingerprint density at radius 1 is 1.46 bits per heavy atom. The Labute approximate surface area is 139 Å². The highest BCUT2D eigenvalue weighted by Crippen LogP contribution is 2.16. The standard InChI is InChI=1S/C17H19FN4O2/c1-2-22-10-13(8-19-22)17(24)20-15-7-16(23)21(11-15)9-12-4-3-5-14(18)6-12/h3-6,8,10,15H,2,7,9,11H2,1H3,(H,20,24). The normalized spacial score (nSPS) is 17.3. The molecule has 0 radical (unpaired) electrons. The summed E-state index contributed by atoms with van der Waals surface area (Å²) in [7, 11) is 0. The van der Waals surface area contributed by atoms with Crippen molar-refractivity contribution in [1.82, 2.24) is 20.0 Å². The molecular formula is C17H19FN4O2. The molecule has 1 aliphatic rings. The molecule has 2 heterocycles. The second-order valence-electron chi connectivity index (χ2n) is 5.86. The SMILES string of the molecule is CCn1cc(C(=O)NC2CC(=O)N(Cc3cccc(F)c3)C2)cn1. The smallest absolute Gasteiger partial charge is 0.254 e. The molecule has 2 aromatic rings. The molecular weight excluding hydrogens is 311 g/mol. The molecule has 1 fully saturated rings. The maximum Gasteiger partial charge on any atom is 0.254 e. The van der Waals surface area contributed by atoms with Gasteiger partial charge in [-0.15, -0.1) is 0 Å². The van der Waals surface area contributed by atoms with Gasteiger partial charge in [-0.05, 0) is 24.6 Å². The maximum absolute atomic E-state index is 13.2. The highest BCUT2D eigenvalue weighted by Gasteiger charge is 2.30. The summed E-state index contributed by atoms with van der Waals surface area (Å²) in [6.07, 6.45) is 3.44. The van der Waals surface area contributed by atoms with Crippen LogP contribution in [-0.4, -0.2) is 39.1 Å². The minimum Gasteiger partial charge on any atom is -0.347 e. The van der Waals surface area contributed by atoms with Crippen LogP contribution in [0.15, 0.2) is 36.7 Å². The molecule has 1 saturated heterocycles. The van der Waals surface area contributed by atoms with E-state index in [0.717, 1.165) is 5.56 Å². The first-order valence-electron chi connectivity index (χ1n) is 7.90. The fourth-order valence-corrected chi connectivity index (χ4v) is 2.80. The zero-order valence-electron chi connectivity index (χ0n) is 13.4. The van der Waals surface area contributed by atoms with Crippen LogP contribution < -0.4 is 5.32 Å². The van der Waals surface area contributed by atoms with E-state index in [1.54, 1.807) is 27.9 Å². The molecule has 2 amide bonds. The zero-order chi connectivity index (χ0) is 17.1. The molecule has 6 nitrogen and oxygen atoms in total. The highest BCUT2D eigenvalue weighted by atomic mass is 19.1. The van der Waals surface area contributed by atoms with E-state index >= 15 is 0 Å². The van der Waals surface area contributed by atoms with Crippen molar-refractivity contribution in [2.45, 2.75) is 32.5 Å². The van der Waals surface area contributed by atoms with Gasteiger partial charge in [0.05, 0.1) is 17.8 Å². The summed E-state index contributed by atoms with van der Waals surface area (Å²) in [6, 6.07) is 5.94. The lowest BCUT2D eigenvalue weighted by molar-refractivity contribution is -0.128. The fourth-order valence-electron chi connectivity index (χ4n) is 2.80. The van der Waals surface area contributed by atoms with Gasteiger partial charge in [0.1, 0.15) is 5.82 Å². The Kier molecular flexibility index (Phi) is 4.59. The molecule has 1 aliphatic heterocycles. The summed E-state index contributed by atoms with van der Waals surface area (Å²) in [5, 5.41) is 6.93. The molecule has 0 saturated carbocycles. The number of halogens is 1. The van der Waals surface area contributed by atoms with Crippen molar-refractivity contribution in [3.63, 3.8) is 0 Å². The van der Waals surface area contributed by atoms with E-state index < -0.39 is 0 Å². The number of hydrogen-bond acceptors (Lipinski definition) is 3. The molecule has 7 heteroatoms. The molecule has 0 bridgehead atoms. The second-order valence-corrected chi connectivity index (χ2v) is 5.86. The lowest BCUT2D eigenvalue weighted by Gasteiger charge is -2.17. The average molecular weight is 330 g/mol. The van der Waals surface area contributed by atoms with E-state index in [2.05, 4.69) is 10.4 Å². The largest absolute Gasteiger partial charge is 0.347 e. The highest BCUT2D eigenvalue weighted by molar-refractivity contribution is 5.94. The number of rotatable bonds is 5. The van der Waals surface area contributed by atoms with Gasteiger partial charge in [-0.3, -0.25) is 14.3 Å². The van der Waals surface area contributed by atoms with Crippen LogP contribution in [0, 0.1) is 5.82 Å². The Hall–Kier alpha value is -2.70. The minimum atomic E-state index is -0.322. The van der Waals surface area contributed by atoms with Crippen LogP contribution in [0.25, 0.3) is 0 Å². The van der Waals surface area contributed by atoms with Crippen LogP contribution in [0.2, 0.25) is 0 Å². The Morgan fingerprint density at radius 2 is 2.29 bits per heavy atom. The Bertz CT molecular complexity index is 759. The first-order chi connectivity index (χ1) is 11.5. The van der Waals surface area contributed by atoms with Gasteiger partial charge in [-0.25, -0.2) is 4.39 Å². The molecule has 0 spiro atoms. The van der Waals surface area contributed by atoms with Crippen LogP contribution >= 0.6 is 0 Å². The first-order valence-corrected chi connectivity index (χ1v) is 7.90. The molecule has 1 aromatic carbocycles. The van der Waals surface area contributed by atoms with Gasteiger partial charge < -0.3 is 10.2 Å². The van der Waals surface area contributed by atoms with E-state index in [1.807, 2.05) is 6.92 Å². The Balaban J connectivity index is 1.59. The van der Waals surface area contributed by atoms with E-state index in [-0.39, 0.29) is 30.1 Å². The van der Waals surface area contributed by atoms with Gasteiger partial charge in [0, 0.05) is 32.3 Å². The van der Waals surface area contributed by atoms with Crippen LogP contribution in [0.1, 0.15) is 29.3 Å². The number of aromatic nitrogens is 2. The number of benzene rings is 1. The number of aryl methyl sites for hydroxylation is 1. The predicted molar refractivity (Wildman–Crippen MR) is 85.6 cm³/mol. The first kappa shape index (κ1) is 16.2. The van der Waals surface area contributed by atoms with E-state index in [9.17, 15) is 14.0 Å². The number of hydrogen-bond donors (Lipinski definition) is 1. The molecule has 1 unspecified atom stereocenters. The zero-order valence-corrected chi connectivity index (χ0v) is 13.4. The molecule has 1 atom stereocenters. The van der Waals surface area contributed by atoms with E-state index in [1.165, 1.54) is 18.3 Å². The van der Waals surface area contributed by atoms with Crippen LogP contribution in [0.5, 0.6) is 0 Å². The molecule has 1 aromatic heterocycles. The van der Waals surface area contributed by atoms with Gasteiger partial charge in [0.15, 0.2) is 0 Å².